The number of hydrogen-bond acceptors (Lipinski definition) is 8. The fraction of sp³-hybridized carbons (Fsp3) is 0.174. The van der Waals surface area contributed by atoms with Gasteiger partial charge >= 0.3 is 7.12 Å². The van der Waals surface area contributed by atoms with Crippen molar-refractivity contribution in [3.63, 3.8) is 0 Å². The second-order valence-corrected chi connectivity index (χ2v) is 15.2. The van der Waals surface area contributed by atoms with Crippen molar-refractivity contribution in [2.24, 2.45) is 0 Å². The lowest BCUT2D eigenvalue weighted by Gasteiger charge is -2.11. The van der Waals surface area contributed by atoms with Crippen molar-refractivity contribution in [2.75, 3.05) is 13.1 Å². The minimum Gasteiger partial charge on any atom is -0.423 e. The molecule has 12 nitrogen and oxygen atoms in total. The summed E-state index contributed by atoms with van der Waals surface area (Å²) >= 11 is 6.12. The number of rotatable bonds is 4. The maximum Gasteiger partial charge on any atom is 0.488 e. The van der Waals surface area contributed by atoms with Gasteiger partial charge in [-0.25, -0.2) is 19.9 Å². The third-order valence-electron chi connectivity index (χ3n) is 10.7. The minimum absolute atomic E-state index is 0.0217. The van der Waals surface area contributed by atoms with E-state index in [1.165, 1.54) is 5.56 Å². The quantitative estimate of drug-likeness (QED) is 0.106. The van der Waals surface area contributed by atoms with Gasteiger partial charge in [-0.15, -0.1) is 0 Å². The lowest BCUT2D eigenvalue weighted by molar-refractivity contribution is 0.0937. The monoisotopic (exact) mass is 816 g/mol. The maximum absolute atomic E-state index is 12.2. The van der Waals surface area contributed by atoms with Crippen LogP contribution in [-0.4, -0.2) is 72.0 Å². The van der Waals surface area contributed by atoms with Crippen LogP contribution < -0.4 is 16.1 Å². The smallest absolute Gasteiger partial charge is 0.423 e. The molecule has 8 aromatic rings. The Bertz CT molecular complexity index is 2940. The molecule has 2 aliphatic rings. The number of nitrogens with zero attached hydrogens (tertiary/aromatic N) is 4. The van der Waals surface area contributed by atoms with Crippen molar-refractivity contribution in [2.45, 2.75) is 40.5 Å². The van der Waals surface area contributed by atoms with Gasteiger partial charge in [-0.3, -0.25) is 9.59 Å². The Morgan fingerprint density at radius 2 is 1.07 bits per heavy atom. The molecule has 0 bridgehead atoms. The van der Waals surface area contributed by atoms with Crippen LogP contribution in [0.1, 0.15) is 54.6 Å². The van der Waals surface area contributed by atoms with E-state index >= 15 is 0 Å². The number of H-pyrrole nitrogens is 2. The van der Waals surface area contributed by atoms with Crippen molar-refractivity contribution < 1.29 is 19.6 Å². The van der Waals surface area contributed by atoms with Crippen LogP contribution in [0.15, 0.2) is 97.1 Å². The number of fused-ring (bicyclic) bond motifs is 4. The molecule has 0 aliphatic carbocycles. The number of aromatic nitrogens is 6. The molecule has 0 radical (unpaired) electrons. The van der Waals surface area contributed by atoms with E-state index in [2.05, 4.69) is 49.6 Å². The van der Waals surface area contributed by atoms with Crippen molar-refractivity contribution >= 4 is 58.1 Å². The SMILES string of the molecule is Cc1ccccc1-c1nc2c(-c3cc4c([nH]3)CCNC4=O)cccc2nc1C.Cc1ccccc1B(O)O.Cc1nc2cccc(-c3cc4c([nH]3)CCNC4=O)c2nc1Cl. The molecule has 0 fully saturated rings. The van der Waals surface area contributed by atoms with E-state index in [0.29, 0.717) is 35.0 Å². The molecule has 6 N–H and O–H groups in total. The number of aryl methyl sites for hydroxylation is 4. The van der Waals surface area contributed by atoms with Gasteiger partial charge < -0.3 is 30.6 Å². The fourth-order valence-corrected chi connectivity index (χ4v) is 7.72. The maximum atomic E-state index is 12.2. The number of aromatic amines is 2. The van der Waals surface area contributed by atoms with Gasteiger partial charge in [0.05, 0.1) is 50.3 Å². The Labute approximate surface area is 351 Å². The predicted octanol–water partition coefficient (Wildman–Crippen LogP) is 6.74. The Morgan fingerprint density at radius 3 is 1.58 bits per heavy atom. The topological polar surface area (TPSA) is 182 Å². The van der Waals surface area contributed by atoms with Crippen molar-refractivity contribution in [3.8, 4) is 33.8 Å². The summed E-state index contributed by atoms with van der Waals surface area (Å²) in [6.07, 6.45) is 1.61. The zero-order valence-electron chi connectivity index (χ0n) is 33.5. The van der Waals surface area contributed by atoms with Crippen LogP contribution in [0.25, 0.3) is 55.8 Å². The van der Waals surface area contributed by atoms with E-state index in [1.54, 1.807) is 12.1 Å². The van der Waals surface area contributed by atoms with Crippen LogP contribution in [0.3, 0.4) is 0 Å². The van der Waals surface area contributed by atoms with Crippen LogP contribution in [-0.2, 0) is 12.8 Å². The second-order valence-electron chi connectivity index (χ2n) is 14.8. The van der Waals surface area contributed by atoms with Gasteiger partial charge in [0.25, 0.3) is 11.8 Å². The number of amides is 2. The molecule has 14 heteroatoms. The van der Waals surface area contributed by atoms with E-state index in [4.69, 9.17) is 31.6 Å². The predicted molar refractivity (Wildman–Crippen MR) is 236 cm³/mol. The Kier molecular flexibility index (Phi) is 11.3. The molecule has 0 spiro atoms. The molecule has 0 unspecified atom stereocenters. The largest absolute Gasteiger partial charge is 0.488 e. The third kappa shape index (κ3) is 8.02. The van der Waals surface area contributed by atoms with Crippen LogP contribution >= 0.6 is 11.6 Å². The Hall–Kier alpha value is -6.67. The zero-order chi connectivity index (χ0) is 42.1. The van der Waals surface area contributed by atoms with Gasteiger partial charge in [0.15, 0.2) is 5.15 Å². The summed E-state index contributed by atoms with van der Waals surface area (Å²) in [5.41, 5.74) is 16.4. The van der Waals surface area contributed by atoms with E-state index in [1.807, 2.05) is 93.6 Å². The summed E-state index contributed by atoms with van der Waals surface area (Å²) in [6.45, 7) is 9.08. The first-order chi connectivity index (χ1) is 29.0. The molecule has 10 rings (SSSR count). The molecular formula is C46H42BClN8O4. The summed E-state index contributed by atoms with van der Waals surface area (Å²) in [6, 6.07) is 31.0. The highest BCUT2D eigenvalue weighted by atomic mass is 35.5. The molecule has 4 aromatic heterocycles. The van der Waals surface area contributed by atoms with Gasteiger partial charge in [-0.05, 0) is 63.0 Å². The molecular weight excluding hydrogens is 775 g/mol. The van der Waals surface area contributed by atoms with E-state index in [-0.39, 0.29) is 11.8 Å². The molecule has 2 amide bonds. The summed E-state index contributed by atoms with van der Waals surface area (Å²) in [4.78, 5) is 49.6. The van der Waals surface area contributed by atoms with E-state index < -0.39 is 7.12 Å². The van der Waals surface area contributed by atoms with Crippen molar-refractivity contribution in [1.29, 1.82) is 0 Å². The molecule has 4 aromatic carbocycles. The minimum atomic E-state index is -1.35. The van der Waals surface area contributed by atoms with Crippen LogP contribution in [0.4, 0.5) is 0 Å². The highest BCUT2D eigenvalue weighted by molar-refractivity contribution is 6.59. The number of nitrogens with one attached hydrogen (secondary N) is 4. The van der Waals surface area contributed by atoms with Gasteiger partial charge in [0.2, 0.25) is 0 Å². The van der Waals surface area contributed by atoms with Gasteiger partial charge in [-0.2, -0.15) is 0 Å². The van der Waals surface area contributed by atoms with E-state index in [0.717, 1.165) is 96.9 Å². The van der Waals surface area contributed by atoms with Gasteiger partial charge in [-0.1, -0.05) is 90.0 Å². The average molecular weight is 817 g/mol. The van der Waals surface area contributed by atoms with Crippen LogP contribution in [0.5, 0.6) is 0 Å². The molecule has 60 heavy (non-hydrogen) atoms. The van der Waals surface area contributed by atoms with Crippen LogP contribution in [0.2, 0.25) is 5.15 Å². The number of carbonyl (C=O) groups is 2. The van der Waals surface area contributed by atoms with Gasteiger partial charge in [0, 0.05) is 65.4 Å². The standard InChI is InChI=1S/C23H20N4O.C16H13ClN4O.C7H9BO2/c1-13-6-3-4-7-15(13)21-14(2)25-19-9-5-8-16(22(19)27-21)20-12-17-18(26-20)10-11-24-23(17)28;1-8-15(17)21-14-9(3-2-4-12(14)19-8)13-7-10-11(20-13)5-6-18-16(10)22;1-6-4-2-3-5-7(6)8(9)10/h3-9,12,26H,10-11H2,1-2H3,(H,24,28);2-4,7,20H,5-6H2,1H3,(H,18,22);2-5,9-10H,1H3. The number of hydrogen-bond donors (Lipinski definition) is 6. The Balaban J connectivity index is 0.000000138. The summed E-state index contributed by atoms with van der Waals surface area (Å²) in [7, 11) is -1.35. The lowest BCUT2D eigenvalue weighted by atomic mass is 9.77. The van der Waals surface area contributed by atoms with Gasteiger partial charge in [0.1, 0.15) is 0 Å². The number of carbonyl (C=O) groups excluding carboxylic acids is 2. The number of halogens is 1. The first kappa shape index (κ1) is 40.1. The van der Waals surface area contributed by atoms with Crippen molar-refractivity contribution in [3.05, 3.63) is 147 Å². The normalized spacial score (nSPS) is 13.0. The van der Waals surface area contributed by atoms with Crippen LogP contribution in [0, 0.1) is 27.7 Å². The molecule has 0 atom stereocenters. The first-order valence-corrected chi connectivity index (χ1v) is 20.0. The highest BCUT2D eigenvalue weighted by Gasteiger charge is 2.23. The molecule has 300 valence electrons. The first-order valence-electron chi connectivity index (χ1n) is 19.7. The summed E-state index contributed by atoms with van der Waals surface area (Å²) in [5, 5.41) is 23.7. The summed E-state index contributed by atoms with van der Waals surface area (Å²) < 4.78 is 0. The van der Waals surface area contributed by atoms with Crippen molar-refractivity contribution in [1.82, 2.24) is 40.5 Å². The number of para-hydroxylation sites is 2. The average Bonchev–Trinajstić information content (AvgIpc) is 3.88. The lowest BCUT2D eigenvalue weighted by Crippen LogP contribution is -2.31. The zero-order valence-corrected chi connectivity index (χ0v) is 34.3. The third-order valence-corrected chi connectivity index (χ3v) is 11.1. The second kappa shape index (κ2) is 16.9. The Morgan fingerprint density at radius 1 is 0.567 bits per heavy atom. The molecule has 0 saturated heterocycles. The molecule has 0 saturated carbocycles. The fourth-order valence-electron chi connectivity index (χ4n) is 7.59. The molecule has 6 heterocycles. The highest BCUT2D eigenvalue weighted by Crippen LogP contribution is 2.33. The number of benzene rings is 4. The summed E-state index contributed by atoms with van der Waals surface area (Å²) in [5.74, 6) is -0.0598. The van der Waals surface area contributed by atoms with E-state index in [9.17, 15) is 9.59 Å². The molecule has 2 aliphatic heterocycles.